The molecule has 0 atom stereocenters. The molecule has 1 fully saturated rings. The van der Waals surface area contributed by atoms with Crippen LogP contribution in [0.25, 0.3) is 0 Å². The SMILES string of the molecule is CC1(CNC(=O)c2cccc(Br)n2)CCCC1. The van der Waals surface area contributed by atoms with Crippen LogP contribution in [0.3, 0.4) is 0 Å². The number of aromatic nitrogens is 1. The van der Waals surface area contributed by atoms with Gasteiger partial charge in [0.05, 0.1) is 0 Å². The smallest absolute Gasteiger partial charge is 0.269 e. The van der Waals surface area contributed by atoms with E-state index < -0.39 is 0 Å². The van der Waals surface area contributed by atoms with Gasteiger partial charge in [-0.1, -0.05) is 25.8 Å². The molecule has 1 amide bonds. The number of amides is 1. The molecule has 0 spiro atoms. The molecule has 0 saturated heterocycles. The highest BCUT2D eigenvalue weighted by Crippen LogP contribution is 2.36. The van der Waals surface area contributed by atoms with Gasteiger partial charge in [0, 0.05) is 6.54 Å². The summed E-state index contributed by atoms with van der Waals surface area (Å²) < 4.78 is 0.692. The molecule has 3 nitrogen and oxygen atoms in total. The third kappa shape index (κ3) is 3.28. The standard InChI is InChI=1S/C13H17BrN2O/c1-13(7-2-3-8-13)9-15-12(17)10-5-4-6-11(14)16-10/h4-6H,2-3,7-9H2,1H3,(H,15,17). The lowest BCUT2D eigenvalue weighted by Gasteiger charge is -2.23. The summed E-state index contributed by atoms with van der Waals surface area (Å²) in [7, 11) is 0. The van der Waals surface area contributed by atoms with Crippen LogP contribution in [0.15, 0.2) is 22.8 Å². The van der Waals surface area contributed by atoms with Crippen LogP contribution < -0.4 is 5.32 Å². The monoisotopic (exact) mass is 296 g/mol. The fraction of sp³-hybridized carbons (Fsp3) is 0.538. The zero-order valence-electron chi connectivity index (χ0n) is 10.0. The Morgan fingerprint density at radius 2 is 2.18 bits per heavy atom. The Bertz CT molecular complexity index is 414. The van der Waals surface area contributed by atoms with Crippen molar-refractivity contribution in [3.05, 3.63) is 28.5 Å². The van der Waals surface area contributed by atoms with E-state index in [1.165, 1.54) is 25.7 Å². The van der Waals surface area contributed by atoms with Gasteiger partial charge in [0.25, 0.3) is 5.91 Å². The summed E-state index contributed by atoms with van der Waals surface area (Å²) in [5.74, 6) is -0.0839. The molecular formula is C13H17BrN2O. The molecule has 1 aromatic heterocycles. The summed E-state index contributed by atoms with van der Waals surface area (Å²) >= 11 is 3.27. The third-order valence-electron chi connectivity index (χ3n) is 3.43. The molecule has 0 bridgehead atoms. The van der Waals surface area contributed by atoms with Crippen molar-refractivity contribution in [2.24, 2.45) is 5.41 Å². The van der Waals surface area contributed by atoms with Gasteiger partial charge in [0.15, 0.2) is 0 Å². The summed E-state index contributed by atoms with van der Waals surface area (Å²) in [5.41, 5.74) is 0.753. The van der Waals surface area contributed by atoms with E-state index in [9.17, 15) is 4.79 Å². The molecule has 17 heavy (non-hydrogen) atoms. The summed E-state index contributed by atoms with van der Waals surface area (Å²) in [6, 6.07) is 5.37. The van der Waals surface area contributed by atoms with Crippen molar-refractivity contribution in [1.29, 1.82) is 0 Å². The van der Waals surface area contributed by atoms with Gasteiger partial charge in [0.2, 0.25) is 0 Å². The van der Waals surface area contributed by atoms with Crippen LogP contribution in [0.1, 0.15) is 43.1 Å². The Hall–Kier alpha value is -0.900. The number of halogens is 1. The van der Waals surface area contributed by atoms with Gasteiger partial charge in [-0.3, -0.25) is 4.79 Å². The van der Waals surface area contributed by atoms with E-state index in [1.54, 1.807) is 6.07 Å². The Morgan fingerprint density at radius 3 is 2.82 bits per heavy atom. The maximum Gasteiger partial charge on any atom is 0.269 e. The number of hydrogen-bond donors (Lipinski definition) is 1. The molecule has 1 heterocycles. The first kappa shape index (κ1) is 12.6. The quantitative estimate of drug-likeness (QED) is 0.871. The first-order valence-corrected chi connectivity index (χ1v) is 6.79. The summed E-state index contributed by atoms with van der Waals surface area (Å²) in [5, 5.41) is 2.99. The molecule has 0 aliphatic heterocycles. The van der Waals surface area contributed by atoms with Crippen molar-refractivity contribution in [3.8, 4) is 0 Å². The van der Waals surface area contributed by atoms with Crippen LogP contribution in [0.5, 0.6) is 0 Å². The number of pyridine rings is 1. The lowest BCUT2D eigenvalue weighted by atomic mass is 9.89. The normalized spacial score (nSPS) is 18.0. The van der Waals surface area contributed by atoms with Crippen LogP contribution in [0, 0.1) is 5.41 Å². The number of hydrogen-bond acceptors (Lipinski definition) is 2. The van der Waals surface area contributed by atoms with Crippen molar-refractivity contribution in [3.63, 3.8) is 0 Å². The average Bonchev–Trinajstić information content (AvgIpc) is 2.74. The Labute approximate surface area is 110 Å². The minimum atomic E-state index is -0.0839. The zero-order valence-corrected chi connectivity index (χ0v) is 11.6. The lowest BCUT2D eigenvalue weighted by Crippen LogP contribution is -2.34. The lowest BCUT2D eigenvalue weighted by molar-refractivity contribution is 0.0929. The van der Waals surface area contributed by atoms with Crippen LogP contribution in [0.4, 0.5) is 0 Å². The highest BCUT2D eigenvalue weighted by molar-refractivity contribution is 9.10. The third-order valence-corrected chi connectivity index (χ3v) is 3.88. The summed E-state index contributed by atoms with van der Waals surface area (Å²) in [6.45, 7) is 2.99. The van der Waals surface area contributed by atoms with Gasteiger partial charge < -0.3 is 5.32 Å². The van der Waals surface area contributed by atoms with Crippen molar-refractivity contribution in [2.75, 3.05) is 6.54 Å². The Morgan fingerprint density at radius 1 is 1.47 bits per heavy atom. The van der Waals surface area contributed by atoms with Gasteiger partial charge in [-0.15, -0.1) is 0 Å². The summed E-state index contributed by atoms with van der Waals surface area (Å²) in [6.07, 6.45) is 4.97. The number of carbonyl (C=O) groups is 1. The second-order valence-electron chi connectivity index (χ2n) is 5.05. The number of nitrogens with zero attached hydrogens (tertiary/aromatic N) is 1. The van der Waals surface area contributed by atoms with Crippen LogP contribution in [0.2, 0.25) is 0 Å². The molecule has 0 unspecified atom stereocenters. The molecule has 1 aliphatic rings. The topological polar surface area (TPSA) is 42.0 Å². The molecule has 0 radical (unpaired) electrons. The van der Waals surface area contributed by atoms with Gasteiger partial charge in [-0.25, -0.2) is 4.98 Å². The fourth-order valence-corrected chi connectivity index (χ4v) is 2.67. The fourth-order valence-electron chi connectivity index (χ4n) is 2.32. The van der Waals surface area contributed by atoms with E-state index in [-0.39, 0.29) is 11.3 Å². The molecule has 1 aliphatic carbocycles. The van der Waals surface area contributed by atoms with Gasteiger partial charge in [-0.05, 0) is 46.3 Å². The maximum atomic E-state index is 11.9. The predicted octanol–water partition coefficient (Wildman–Crippen LogP) is 3.15. The highest BCUT2D eigenvalue weighted by Gasteiger charge is 2.29. The highest BCUT2D eigenvalue weighted by atomic mass is 79.9. The minimum absolute atomic E-state index is 0.0839. The first-order valence-electron chi connectivity index (χ1n) is 6.00. The molecule has 1 N–H and O–H groups in total. The number of nitrogens with one attached hydrogen (secondary N) is 1. The Kier molecular flexibility index (Phi) is 3.82. The van der Waals surface area contributed by atoms with Crippen molar-refractivity contribution in [1.82, 2.24) is 10.3 Å². The van der Waals surface area contributed by atoms with Crippen LogP contribution in [-0.4, -0.2) is 17.4 Å². The minimum Gasteiger partial charge on any atom is -0.350 e. The van der Waals surface area contributed by atoms with E-state index >= 15 is 0 Å². The van der Waals surface area contributed by atoms with E-state index in [1.807, 2.05) is 12.1 Å². The van der Waals surface area contributed by atoms with Crippen molar-refractivity contribution in [2.45, 2.75) is 32.6 Å². The van der Waals surface area contributed by atoms with Crippen molar-refractivity contribution >= 4 is 21.8 Å². The van der Waals surface area contributed by atoms with Gasteiger partial charge in [-0.2, -0.15) is 0 Å². The van der Waals surface area contributed by atoms with Crippen LogP contribution >= 0.6 is 15.9 Å². The largest absolute Gasteiger partial charge is 0.350 e. The van der Waals surface area contributed by atoms with E-state index in [2.05, 4.69) is 33.2 Å². The number of carbonyl (C=O) groups excluding carboxylic acids is 1. The summed E-state index contributed by atoms with van der Waals surface area (Å²) in [4.78, 5) is 16.0. The second-order valence-corrected chi connectivity index (χ2v) is 5.86. The molecular weight excluding hydrogens is 280 g/mol. The molecule has 92 valence electrons. The predicted molar refractivity (Wildman–Crippen MR) is 70.8 cm³/mol. The first-order chi connectivity index (χ1) is 8.09. The molecule has 2 rings (SSSR count). The molecule has 1 aromatic rings. The van der Waals surface area contributed by atoms with E-state index in [0.717, 1.165) is 6.54 Å². The molecule has 0 aromatic carbocycles. The molecule has 1 saturated carbocycles. The maximum absolute atomic E-state index is 11.9. The van der Waals surface area contributed by atoms with Crippen molar-refractivity contribution < 1.29 is 4.79 Å². The number of rotatable bonds is 3. The van der Waals surface area contributed by atoms with Crippen LogP contribution in [-0.2, 0) is 0 Å². The Balaban J connectivity index is 1.93. The zero-order chi connectivity index (χ0) is 12.3. The average molecular weight is 297 g/mol. The second kappa shape index (κ2) is 5.17. The van der Waals surface area contributed by atoms with Gasteiger partial charge >= 0.3 is 0 Å². The van der Waals surface area contributed by atoms with Gasteiger partial charge in [0.1, 0.15) is 10.3 Å². The van der Waals surface area contributed by atoms with E-state index in [4.69, 9.17) is 0 Å². The molecule has 4 heteroatoms. The van der Waals surface area contributed by atoms with E-state index in [0.29, 0.717) is 10.3 Å².